The zero-order valence-electron chi connectivity index (χ0n) is 10.5. The van der Waals surface area contributed by atoms with Crippen molar-refractivity contribution in [2.75, 3.05) is 45.2 Å². The van der Waals surface area contributed by atoms with Crippen LogP contribution in [0.5, 0.6) is 0 Å². The Morgan fingerprint density at radius 3 is 2.88 bits per heavy atom. The van der Waals surface area contributed by atoms with E-state index in [-0.39, 0.29) is 0 Å². The lowest BCUT2D eigenvalue weighted by Crippen LogP contribution is -2.55. The number of anilines is 1. The molecule has 1 atom stereocenters. The van der Waals surface area contributed by atoms with Crippen molar-refractivity contribution in [3.8, 4) is 0 Å². The van der Waals surface area contributed by atoms with Crippen molar-refractivity contribution < 1.29 is 0 Å². The van der Waals surface area contributed by atoms with E-state index in [0.717, 1.165) is 36.9 Å². The maximum absolute atomic E-state index is 6.28. The summed E-state index contributed by atoms with van der Waals surface area (Å²) in [5, 5.41) is 4.29. The molecule has 1 aliphatic heterocycles. The van der Waals surface area contributed by atoms with Gasteiger partial charge in [-0.25, -0.2) is 0 Å². The number of likely N-dealkylation sites (N-methyl/N-ethyl adjacent to an activating group) is 1. The zero-order chi connectivity index (χ0) is 12.3. The fourth-order valence-corrected chi connectivity index (χ4v) is 2.59. The van der Waals surface area contributed by atoms with Crippen molar-refractivity contribution >= 4 is 17.3 Å². The first-order valence-corrected chi connectivity index (χ1v) is 6.43. The molecular formula is C13H20ClN3. The van der Waals surface area contributed by atoms with Gasteiger partial charge in [0.15, 0.2) is 0 Å². The highest BCUT2D eigenvalue weighted by Gasteiger charge is 2.24. The van der Waals surface area contributed by atoms with Gasteiger partial charge in [-0.3, -0.25) is 0 Å². The van der Waals surface area contributed by atoms with Gasteiger partial charge >= 0.3 is 0 Å². The van der Waals surface area contributed by atoms with Gasteiger partial charge in [0.2, 0.25) is 0 Å². The normalized spacial score (nSPS) is 20.9. The molecule has 0 amide bonds. The van der Waals surface area contributed by atoms with Crippen LogP contribution in [0.4, 0.5) is 5.69 Å². The first kappa shape index (κ1) is 12.7. The minimum Gasteiger partial charge on any atom is -0.363 e. The van der Waals surface area contributed by atoms with Crippen LogP contribution in [-0.2, 0) is 0 Å². The highest BCUT2D eigenvalue weighted by molar-refractivity contribution is 6.33. The molecule has 94 valence electrons. The van der Waals surface area contributed by atoms with E-state index in [9.17, 15) is 0 Å². The molecule has 0 aromatic heterocycles. The number of piperazine rings is 1. The van der Waals surface area contributed by atoms with Crippen LogP contribution in [0.25, 0.3) is 0 Å². The van der Waals surface area contributed by atoms with Crippen molar-refractivity contribution in [2.24, 2.45) is 0 Å². The Morgan fingerprint density at radius 1 is 1.41 bits per heavy atom. The second kappa shape index (κ2) is 5.71. The summed E-state index contributed by atoms with van der Waals surface area (Å²) in [6.07, 6.45) is 0. The van der Waals surface area contributed by atoms with Crippen LogP contribution >= 0.6 is 11.6 Å². The van der Waals surface area contributed by atoms with Gasteiger partial charge in [-0.1, -0.05) is 23.7 Å². The van der Waals surface area contributed by atoms with E-state index < -0.39 is 0 Å². The van der Waals surface area contributed by atoms with Crippen molar-refractivity contribution in [2.45, 2.75) is 6.04 Å². The van der Waals surface area contributed by atoms with Gasteiger partial charge in [-0.2, -0.15) is 0 Å². The second-order valence-corrected chi connectivity index (χ2v) is 5.17. The maximum Gasteiger partial charge on any atom is 0.0639 e. The quantitative estimate of drug-likeness (QED) is 0.884. The van der Waals surface area contributed by atoms with Crippen LogP contribution in [0, 0.1) is 0 Å². The molecule has 17 heavy (non-hydrogen) atoms. The molecule has 3 nitrogen and oxygen atoms in total. The molecule has 1 heterocycles. The van der Waals surface area contributed by atoms with Crippen LogP contribution in [0.2, 0.25) is 5.02 Å². The number of para-hydroxylation sites is 1. The molecule has 1 unspecified atom stereocenters. The minimum atomic E-state index is 0.485. The summed E-state index contributed by atoms with van der Waals surface area (Å²) in [5.41, 5.74) is 1.16. The van der Waals surface area contributed by atoms with E-state index in [0.29, 0.717) is 6.04 Å². The molecule has 1 aliphatic rings. The SMILES string of the molecule is CN(C)CC1CNCCN1c1ccccc1Cl. The van der Waals surface area contributed by atoms with E-state index in [1.54, 1.807) is 0 Å². The second-order valence-electron chi connectivity index (χ2n) is 4.76. The number of hydrogen-bond acceptors (Lipinski definition) is 3. The van der Waals surface area contributed by atoms with Gasteiger partial charge in [0.25, 0.3) is 0 Å². The predicted molar refractivity (Wildman–Crippen MR) is 74.0 cm³/mol. The summed E-state index contributed by atoms with van der Waals surface area (Å²) in [6.45, 7) is 4.10. The molecule has 0 bridgehead atoms. The average molecular weight is 254 g/mol. The zero-order valence-corrected chi connectivity index (χ0v) is 11.2. The number of halogens is 1. The lowest BCUT2D eigenvalue weighted by atomic mass is 10.1. The summed E-state index contributed by atoms with van der Waals surface area (Å²) in [5.74, 6) is 0. The van der Waals surface area contributed by atoms with E-state index >= 15 is 0 Å². The van der Waals surface area contributed by atoms with Gasteiger partial charge in [-0.15, -0.1) is 0 Å². The molecule has 1 aromatic rings. The number of nitrogens with zero attached hydrogens (tertiary/aromatic N) is 2. The first-order chi connectivity index (χ1) is 8.18. The predicted octanol–water partition coefficient (Wildman–Crippen LogP) is 1.68. The number of benzene rings is 1. The maximum atomic E-state index is 6.28. The fraction of sp³-hybridized carbons (Fsp3) is 0.538. The Labute approximate surface area is 108 Å². The Balaban J connectivity index is 2.19. The summed E-state index contributed by atoms with van der Waals surface area (Å²) in [6, 6.07) is 8.59. The van der Waals surface area contributed by atoms with Crippen molar-refractivity contribution in [3.05, 3.63) is 29.3 Å². The van der Waals surface area contributed by atoms with Gasteiger partial charge in [0, 0.05) is 26.2 Å². The van der Waals surface area contributed by atoms with Crippen molar-refractivity contribution in [3.63, 3.8) is 0 Å². The van der Waals surface area contributed by atoms with Crippen LogP contribution in [-0.4, -0.2) is 51.2 Å². The number of nitrogens with one attached hydrogen (secondary N) is 1. The molecule has 0 aliphatic carbocycles. The van der Waals surface area contributed by atoms with Gasteiger partial charge in [0.05, 0.1) is 16.8 Å². The molecule has 0 saturated carbocycles. The largest absolute Gasteiger partial charge is 0.363 e. The standard InChI is InChI=1S/C13H20ClN3/c1-16(2)10-11-9-15-7-8-17(11)13-6-4-3-5-12(13)14/h3-6,11,15H,7-10H2,1-2H3. The summed E-state index contributed by atoms with van der Waals surface area (Å²) >= 11 is 6.28. The van der Waals surface area contributed by atoms with Crippen LogP contribution in [0.3, 0.4) is 0 Å². The van der Waals surface area contributed by atoms with E-state index in [1.807, 2.05) is 12.1 Å². The molecule has 0 radical (unpaired) electrons. The summed E-state index contributed by atoms with van der Waals surface area (Å²) in [4.78, 5) is 4.64. The molecule has 4 heteroatoms. The highest BCUT2D eigenvalue weighted by Crippen LogP contribution is 2.27. The van der Waals surface area contributed by atoms with Crippen LogP contribution < -0.4 is 10.2 Å². The third-order valence-electron chi connectivity index (χ3n) is 3.09. The highest BCUT2D eigenvalue weighted by atomic mass is 35.5. The van der Waals surface area contributed by atoms with E-state index in [2.05, 4.69) is 41.3 Å². The summed E-state index contributed by atoms with van der Waals surface area (Å²) in [7, 11) is 4.22. The van der Waals surface area contributed by atoms with Gasteiger partial charge in [0.1, 0.15) is 0 Å². The Hall–Kier alpha value is -0.770. The summed E-state index contributed by atoms with van der Waals surface area (Å²) < 4.78 is 0. The molecular weight excluding hydrogens is 234 g/mol. The Morgan fingerprint density at radius 2 is 2.18 bits per heavy atom. The van der Waals surface area contributed by atoms with E-state index in [4.69, 9.17) is 11.6 Å². The molecule has 1 fully saturated rings. The number of hydrogen-bond donors (Lipinski definition) is 1. The fourth-order valence-electron chi connectivity index (χ4n) is 2.35. The number of rotatable bonds is 3. The minimum absolute atomic E-state index is 0.485. The third-order valence-corrected chi connectivity index (χ3v) is 3.41. The molecule has 1 N–H and O–H groups in total. The Bertz CT molecular complexity index is 367. The van der Waals surface area contributed by atoms with E-state index in [1.165, 1.54) is 0 Å². The lowest BCUT2D eigenvalue weighted by molar-refractivity contribution is 0.337. The van der Waals surface area contributed by atoms with Crippen molar-refractivity contribution in [1.29, 1.82) is 0 Å². The van der Waals surface area contributed by atoms with Gasteiger partial charge in [-0.05, 0) is 26.2 Å². The van der Waals surface area contributed by atoms with Crippen LogP contribution in [0.1, 0.15) is 0 Å². The average Bonchev–Trinajstić information content (AvgIpc) is 2.30. The van der Waals surface area contributed by atoms with Crippen molar-refractivity contribution in [1.82, 2.24) is 10.2 Å². The first-order valence-electron chi connectivity index (χ1n) is 6.05. The Kier molecular flexibility index (Phi) is 4.26. The smallest absolute Gasteiger partial charge is 0.0639 e. The van der Waals surface area contributed by atoms with Crippen LogP contribution in [0.15, 0.2) is 24.3 Å². The molecule has 1 aromatic carbocycles. The third kappa shape index (κ3) is 3.12. The van der Waals surface area contributed by atoms with Gasteiger partial charge < -0.3 is 15.1 Å². The topological polar surface area (TPSA) is 18.5 Å². The lowest BCUT2D eigenvalue weighted by Gasteiger charge is -2.39. The molecule has 1 saturated heterocycles. The molecule has 0 spiro atoms. The monoisotopic (exact) mass is 253 g/mol. The molecule has 2 rings (SSSR count).